The van der Waals surface area contributed by atoms with Crippen LogP contribution in [0, 0.1) is 5.92 Å². The fourth-order valence-electron chi connectivity index (χ4n) is 3.60. The zero-order chi connectivity index (χ0) is 15.2. The Morgan fingerprint density at radius 1 is 1.05 bits per heavy atom. The van der Waals surface area contributed by atoms with Crippen molar-refractivity contribution in [3.05, 3.63) is 0 Å². The molecule has 0 aromatic carbocycles. The molecule has 1 aliphatic heterocycles. The molecule has 0 spiro atoms. The quantitative estimate of drug-likeness (QED) is 0.779. The van der Waals surface area contributed by atoms with Crippen LogP contribution >= 0.6 is 11.8 Å². The minimum Gasteiger partial charge on any atom is -0.339 e. The van der Waals surface area contributed by atoms with Gasteiger partial charge in [-0.3, -0.25) is 14.5 Å². The van der Waals surface area contributed by atoms with Crippen LogP contribution in [-0.4, -0.2) is 65.7 Å². The number of hydrogen-bond acceptors (Lipinski definition) is 4. The third-order valence-corrected chi connectivity index (χ3v) is 5.49. The Bertz CT molecular complexity index is 359. The lowest BCUT2D eigenvalue weighted by molar-refractivity contribution is -0.131. The van der Waals surface area contributed by atoms with Gasteiger partial charge in [-0.25, -0.2) is 0 Å². The van der Waals surface area contributed by atoms with Gasteiger partial charge in [0.2, 0.25) is 5.91 Å². The van der Waals surface area contributed by atoms with Crippen molar-refractivity contribution >= 4 is 23.5 Å². The SMILES string of the molecule is CCC(=O)[C@H]1CC[C@H](N2CCN(C(=O)CSC)CC2)CC1. The number of thioether (sulfide) groups is 1. The Kier molecular flexibility index (Phi) is 6.55. The van der Waals surface area contributed by atoms with Gasteiger partial charge in [-0.2, -0.15) is 11.8 Å². The largest absolute Gasteiger partial charge is 0.339 e. The summed E-state index contributed by atoms with van der Waals surface area (Å²) < 4.78 is 0. The third-order valence-electron chi connectivity index (χ3n) is 4.95. The van der Waals surface area contributed by atoms with Gasteiger partial charge in [0.25, 0.3) is 0 Å². The number of nitrogens with zero attached hydrogens (tertiary/aromatic N) is 2. The predicted molar refractivity (Wildman–Crippen MR) is 87.6 cm³/mol. The van der Waals surface area contributed by atoms with Crippen molar-refractivity contribution in [3.63, 3.8) is 0 Å². The van der Waals surface area contributed by atoms with E-state index in [1.807, 2.05) is 18.1 Å². The fourth-order valence-corrected chi connectivity index (χ4v) is 4.03. The van der Waals surface area contributed by atoms with Crippen LogP contribution in [0.15, 0.2) is 0 Å². The number of amides is 1. The van der Waals surface area contributed by atoms with Crippen molar-refractivity contribution in [2.24, 2.45) is 5.92 Å². The van der Waals surface area contributed by atoms with E-state index in [0.717, 1.165) is 51.9 Å². The van der Waals surface area contributed by atoms with Crippen molar-refractivity contribution in [2.45, 2.75) is 45.1 Å². The summed E-state index contributed by atoms with van der Waals surface area (Å²) in [6, 6.07) is 0.628. The molecule has 0 unspecified atom stereocenters. The highest BCUT2D eigenvalue weighted by molar-refractivity contribution is 7.99. The lowest BCUT2D eigenvalue weighted by atomic mass is 9.82. The molecule has 4 nitrogen and oxygen atoms in total. The molecule has 2 aliphatic rings. The van der Waals surface area contributed by atoms with Gasteiger partial charge in [0.05, 0.1) is 5.75 Å². The van der Waals surface area contributed by atoms with Gasteiger partial charge in [-0.05, 0) is 31.9 Å². The molecule has 0 N–H and O–H groups in total. The van der Waals surface area contributed by atoms with E-state index in [9.17, 15) is 9.59 Å². The van der Waals surface area contributed by atoms with Gasteiger partial charge in [-0.1, -0.05) is 6.92 Å². The maximum absolute atomic E-state index is 11.9. The zero-order valence-corrected chi connectivity index (χ0v) is 14.2. The molecular weight excluding hydrogens is 284 g/mol. The van der Waals surface area contributed by atoms with Crippen molar-refractivity contribution in [1.82, 2.24) is 9.80 Å². The molecule has 0 aromatic heterocycles. The molecule has 0 aromatic rings. The van der Waals surface area contributed by atoms with E-state index in [1.54, 1.807) is 11.8 Å². The second-order valence-electron chi connectivity index (χ2n) is 6.18. The molecule has 1 saturated heterocycles. The molecule has 21 heavy (non-hydrogen) atoms. The van der Waals surface area contributed by atoms with Crippen molar-refractivity contribution in [1.29, 1.82) is 0 Å². The Hall–Kier alpha value is -0.550. The molecule has 120 valence electrons. The fraction of sp³-hybridized carbons (Fsp3) is 0.875. The summed E-state index contributed by atoms with van der Waals surface area (Å²) in [6.45, 7) is 5.70. The van der Waals surface area contributed by atoms with Crippen LogP contribution in [0.4, 0.5) is 0 Å². The molecule has 2 rings (SSSR count). The highest BCUT2D eigenvalue weighted by Crippen LogP contribution is 2.29. The summed E-state index contributed by atoms with van der Waals surface area (Å²) in [6.07, 6.45) is 7.08. The smallest absolute Gasteiger partial charge is 0.232 e. The first kappa shape index (κ1) is 16.8. The maximum Gasteiger partial charge on any atom is 0.232 e. The van der Waals surface area contributed by atoms with Crippen molar-refractivity contribution in [3.8, 4) is 0 Å². The molecule has 1 heterocycles. The van der Waals surface area contributed by atoms with Gasteiger partial charge in [0, 0.05) is 44.6 Å². The lowest BCUT2D eigenvalue weighted by Crippen LogP contribution is -2.53. The molecule has 2 fully saturated rings. The summed E-state index contributed by atoms with van der Waals surface area (Å²) in [5, 5.41) is 0. The number of carbonyl (C=O) groups is 2. The average molecular weight is 312 g/mol. The molecule has 1 aliphatic carbocycles. The van der Waals surface area contributed by atoms with E-state index in [2.05, 4.69) is 4.90 Å². The number of carbonyl (C=O) groups excluding carboxylic acids is 2. The predicted octanol–water partition coefficient (Wildman–Crippen LogP) is 2.03. The Labute approximate surface area is 132 Å². The van der Waals surface area contributed by atoms with E-state index in [1.165, 1.54) is 0 Å². The number of piperazine rings is 1. The molecule has 0 atom stereocenters. The van der Waals surface area contributed by atoms with Gasteiger partial charge < -0.3 is 4.90 Å². The van der Waals surface area contributed by atoms with Crippen LogP contribution < -0.4 is 0 Å². The minimum absolute atomic E-state index is 0.277. The minimum atomic E-state index is 0.277. The topological polar surface area (TPSA) is 40.6 Å². The standard InChI is InChI=1S/C16H28N2O2S/c1-3-15(19)13-4-6-14(7-5-13)17-8-10-18(11-9-17)16(20)12-21-2/h13-14H,3-12H2,1-2H3/t13-,14-. The summed E-state index contributed by atoms with van der Waals surface area (Å²) in [4.78, 5) is 28.2. The maximum atomic E-state index is 11.9. The Morgan fingerprint density at radius 3 is 2.19 bits per heavy atom. The van der Waals surface area contributed by atoms with Crippen LogP contribution in [-0.2, 0) is 9.59 Å². The van der Waals surface area contributed by atoms with E-state index in [4.69, 9.17) is 0 Å². The first-order valence-corrected chi connectivity index (χ1v) is 9.58. The van der Waals surface area contributed by atoms with Crippen LogP contribution in [0.3, 0.4) is 0 Å². The van der Waals surface area contributed by atoms with Gasteiger partial charge in [-0.15, -0.1) is 0 Å². The molecule has 0 radical (unpaired) electrons. The van der Waals surface area contributed by atoms with E-state index < -0.39 is 0 Å². The molecular formula is C16H28N2O2S. The first-order chi connectivity index (χ1) is 10.2. The van der Waals surface area contributed by atoms with Gasteiger partial charge in [0.15, 0.2) is 0 Å². The van der Waals surface area contributed by atoms with Crippen LogP contribution in [0.2, 0.25) is 0 Å². The number of rotatable bonds is 5. The van der Waals surface area contributed by atoms with E-state index >= 15 is 0 Å². The normalized spacial score (nSPS) is 27.6. The van der Waals surface area contributed by atoms with Crippen molar-refractivity contribution < 1.29 is 9.59 Å². The van der Waals surface area contributed by atoms with Crippen LogP contribution in [0.25, 0.3) is 0 Å². The molecule has 5 heteroatoms. The highest BCUT2D eigenvalue weighted by Gasteiger charge is 2.31. The van der Waals surface area contributed by atoms with Gasteiger partial charge >= 0.3 is 0 Å². The van der Waals surface area contributed by atoms with Crippen LogP contribution in [0.5, 0.6) is 0 Å². The zero-order valence-electron chi connectivity index (χ0n) is 13.3. The Morgan fingerprint density at radius 2 is 1.67 bits per heavy atom. The number of ketones is 1. The summed E-state index contributed by atoms with van der Waals surface area (Å²) in [5.74, 6) is 1.64. The summed E-state index contributed by atoms with van der Waals surface area (Å²) >= 11 is 1.60. The molecule has 1 saturated carbocycles. The van der Waals surface area contributed by atoms with E-state index in [-0.39, 0.29) is 5.91 Å². The number of Topliss-reactive ketones (excluding diaryl/α,β-unsaturated/α-hetero) is 1. The van der Waals surface area contributed by atoms with Gasteiger partial charge in [0.1, 0.15) is 5.78 Å². The highest BCUT2D eigenvalue weighted by atomic mass is 32.2. The summed E-state index contributed by atoms with van der Waals surface area (Å²) in [5.41, 5.74) is 0. The molecule has 1 amide bonds. The first-order valence-electron chi connectivity index (χ1n) is 8.19. The number of hydrogen-bond donors (Lipinski definition) is 0. The summed E-state index contributed by atoms with van der Waals surface area (Å²) in [7, 11) is 0. The van der Waals surface area contributed by atoms with Crippen LogP contribution in [0.1, 0.15) is 39.0 Å². The van der Waals surface area contributed by atoms with Crippen molar-refractivity contribution in [2.75, 3.05) is 38.2 Å². The third kappa shape index (κ3) is 4.46. The lowest BCUT2D eigenvalue weighted by Gasteiger charge is -2.41. The molecule has 0 bridgehead atoms. The Balaban J connectivity index is 1.74. The average Bonchev–Trinajstić information content (AvgIpc) is 2.54. The second kappa shape index (κ2) is 8.18. The van der Waals surface area contributed by atoms with E-state index in [0.29, 0.717) is 29.9 Å². The monoisotopic (exact) mass is 312 g/mol. The second-order valence-corrected chi connectivity index (χ2v) is 7.04.